The Labute approximate surface area is 173 Å². The van der Waals surface area contributed by atoms with E-state index in [1.165, 1.54) is 10.5 Å². The monoisotopic (exact) mass is 445 g/mol. The van der Waals surface area contributed by atoms with E-state index in [4.69, 9.17) is 4.74 Å². The summed E-state index contributed by atoms with van der Waals surface area (Å²) >= 11 is 3.38. The fraction of sp³-hybridized carbons (Fsp3) is 0.333. The molecule has 0 bridgehead atoms. The van der Waals surface area contributed by atoms with Gasteiger partial charge in [0.05, 0.1) is 5.69 Å². The third kappa shape index (κ3) is 5.56. The number of rotatable bonds is 8. The Morgan fingerprint density at radius 3 is 2.82 bits per heavy atom. The van der Waals surface area contributed by atoms with E-state index in [0.29, 0.717) is 18.0 Å². The third-order valence-electron chi connectivity index (χ3n) is 4.50. The highest BCUT2D eigenvalue weighted by atomic mass is 79.9. The molecule has 0 unspecified atom stereocenters. The molecule has 28 heavy (non-hydrogen) atoms. The van der Waals surface area contributed by atoms with Crippen LogP contribution in [0.5, 0.6) is 5.75 Å². The van der Waals surface area contributed by atoms with Gasteiger partial charge >= 0.3 is 0 Å². The summed E-state index contributed by atoms with van der Waals surface area (Å²) in [5.74, 6) is 0.215. The van der Waals surface area contributed by atoms with Crippen LogP contribution in [0.25, 0.3) is 0 Å². The summed E-state index contributed by atoms with van der Waals surface area (Å²) in [5.41, 5.74) is 1.89. The quantitative estimate of drug-likeness (QED) is 0.634. The molecule has 1 heterocycles. The van der Waals surface area contributed by atoms with E-state index in [2.05, 4.69) is 45.3 Å². The summed E-state index contributed by atoms with van der Waals surface area (Å²) in [6.45, 7) is 2.27. The number of hydrogen-bond acceptors (Lipinski definition) is 4. The molecular weight excluding hydrogens is 422 g/mol. The number of ether oxygens (including phenoxy) is 1. The van der Waals surface area contributed by atoms with Crippen molar-refractivity contribution in [3.63, 3.8) is 0 Å². The number of fused-ring (bicyclic) bond motifs is 1. The lowest BCUT2D eigenvalue weighted by Crippen LogP contribution is -2.45. The van der Waals surface area contributed by atoms with Crippen LogP contribution < -0.4 is 15.0 Å². The normalized spacial score (nSPS) is 13.2. The van der Waals surface area contributed by atoms with E-state index in [9.17, 15) is 9.59 Å². The zero-order valence-electron chi connectivity index (χ0n) is 15.9. The molecule has 0 spiro atoms. The van der Waals surface area contributed by atoms with Crippen molar-refractivity contribution in [2.45, 2.75) is 13.0 Å². The van der Waals surface area contributed by atoms with Gasteiger partial charge in [-0.2, -0.15) is 0 Å². The molecule has 1 aliphatic heterocycles. The Hall–Kier alpha value is -2.38. The van der Waals surface area contributed by atoms with Gasteiger partial charge in [-0.05, 0) is 43.8 Å². The van der Waals surface area contributed by atoms with Crippen LogP contribution in [0.4, 0.5) is 5.69 Å². The minimum atomic E-state index is -0.215. The van der Waals surface area contributed by atoms with Crippen LogP contribution in [-0.4, -0.2) is 50.0 Å². The fourth-order valence-electron chi connectivity index (χ4n) is 3.10. The van der Waals surface area contributed by atoms with Crippen LogP contribution in [0.3, 0.4) is 0 Å². The lowest BCUT2D eigenvalue weighted by atomic mass is 10.2. The number of nitrogens with zero attached hydrogens (tertiary/aromatic N) is 2. The Kier molecular flexibility index (Phi) is 7.06. The van der Waals surface area contributed by atoms with E-state index in [-0.39, 0.29) is 25.0 Å². The Bertz CT molecular complexity index is 829. The van der Waals surface area contributed by atoms with Gasteiger partial charge in [-0.1, -0.05) is 46.3 Å². The van der Waals surface area contributed by atoms with Gasteiger partial charge in [0.15, 0.2) is 6.61 Å². The molecule has 0 aliphatic carbocycles. The summed E-state index contributed by atoms with van der Waals surface area (Å²) in [5, 5.41) is 2.90. The molecule has 1 aliphatic rings. The van der Waals surface area contributed by atoms with Crippen molar-refractivity contribution in [2.24, 2.45) is 0 Å². The summed E-state index contributed by atoms with van der Waals surface area (Å²) in [7, 11) is 2.07. The summed E-state index contributed by atoms with van der Waals surface area (Å²) < 4.78 is 6.31. The van der Waals surface area contributed by atoms with Crippen molar-refractivity contribution in [3.05, 3.63) is 58.6 Å². The molecule has 0 saturated carbocycles. The minimum Gasteiger partial charge on any atom is -0.482 e. The number of benzene rings is 2. The molecule has 1 N–H and O–H groups in total. The van der Waals surface area contributed by atoms with Crippen LogP contribution in [0, 0.1) is 0 Å². The second-order valence-electron chi connectivity index (χ2n) is 6.81. The summed E-state index contributed by atoms with van der Waals surface area (Å²) in [6.07, 6.45) is 0.843. The van der Waals surface area contributed by atoms with Gasteiger partial charge in [0.1, 0.15) is 12.3 Å². The van der Waals surface area contributed by atoms with Crippen molar-refractivity contribution in [1.82, 2.24) is 10.2 Å². The second kappa shape index (κ2) is 9.71. The van der Waals surface area contributed by atoms with Gasteiger partial charge in [-0.15, -0.1) is 0 Å². The number of halogens is 1. The first-order valence-electron chi connectivity index (χ1n) is 9.25. The average molecular weight is 446 g/mol. The van der Waals surface area contributed by atoms with Gasteiger partial charge in [0.2, 0.25) is 5.91 Å². The largest absolute Gasteiger partial charge is 0.482 e. The molecule has 0 fully saturated rings. The molecule has 0 atom stereocenters. The molecule has 0 aromatic heterocycles. The summed E-state index contributed by atoms with van der Waals surface area (Å²) in [6, 6.07) is 15.7. The maximum atomic E-state index is 12.3. The number of nitrogens with one attached hydrogen (secondary N) is 1. The molecule has 2 amide bonds. The fourth-order valence-corrected chi connectivity index (χ4v) is 3.44. The van der Waals surface area contributed by atoms with Crippen LogP contribution in [0.1, 0.15) is 12.0 Å². The van der Waals surface area contributed by atoms with Crippen LogP contribution in [-0.2, 0) is 16.1 Å². The average Bonchev–Trinajstić information content (AvgIpc) is 2.68. The first-order valence-corrected chi connectivity index (χ1v) is 10.0. The van der Waals surface area contributed by atoms with Crippen molar-refractivity contribution in [1.29, 1.82) is 0 Å². The zero-order valence-corrected chi connectivity index (χ0v) is 17.4. The minimum absolute atomic E-state index is 0.00329. The molecule has 0 saturated heterocycles. The number of carbonyl (C=O) groups is 2. The smallest absolute Gasteiger partial charge is 0.265 e. The lowest BCUT2D eigenvalue weighted by molar-refractivity contribution is -0.125. The molecular formula is C21H24BrN3O3. The maximum absolute atomic E-state index is 12.3. The number of anilines is 1. The first-order chi connectivity index (χ1) is 13.5. The van der Waals surface area contributed by atoms with Gasteiger partial charge in [-0.3, -0.25) is 14.5 Å². The van der Waals surface area contributed by atoms with Crippen molar-refractivity contribution in [2.75, 3.05) is 38.2 Å². The Balaban J connectivity index is 1.43. The molecule has 2 aromatic rings. The molecule has 148 valence electrons. The number of carbonyl (C=O) groups excluding carboxylic acids is 2. The zero-order chi connectivity index (χ0) is 19.9. The standard InChI is InChI=1S/C21H24BrN3O3/c1-24(13-16-6-3-2-4-7-16)11-5-10-23-20(26)14-25-18-9-8-17(22)12-19(18)28-15-21(25)27/h2-4,6-9,12H,5,10-11,13-15H2,1H3,(H,23,26). The van der Waals surface area contributed by atoms with E-state index >= 15 is 0 Å². The highest BCUT2D eigenvalue weighted by molar-refractivity contribution is 9.10. The van der Waals surface area contributed by atoms with Gasteiger partial charge in [0.25, 0.3) is 5.91 Å². The van der Waals surface area contributed by atoms with Crippen molar-refractivity contribution < 1.29 is 14.3 Å². The van der Waals surface area contributed by atoms with Crippen molar-refractivity contribution >= 4 is 33.4 Å². The number of amides is 2. The molecule has 0 radical (unpaired) electrons. The predicted octanol–water partition coefficient (Wildman–Crippen LogP) is 2.81. The SMILES string of the molecule is CN(CCCNC(=O)CN1C(=O)COc2cc(Br)ccc21)Cc1ccccc1. The lowest BCUT2D eigenvalue weighted by Gasteiger charge is -2.29. The van der Waals surface area contributed by atoms with Crippen molar-refractivity contribution in [3.8, 4) is 5.75 Å². The van der Waals surface area contributed by atoms with Gasteiger partial charge in [-0.25, -0.2) is 0 Å². The molecule has 2 aromatic carbocycles. The maximum Gasteiger partial charge on any atom is 0.265 e. The Morgan fingerprint density at radius 2 is 2.04 bits per heavy atom. The van der Waals surface area contributed by atoms with Crippen LogP contribution in [0.2, 0.25) is 0 Å². The topological polar surface area (TPSA) is 61.9 Å². The van der Waals surface area contributed by atoms with Gasteiger partial charge in [0, 0.05) is 17.6 Å². The first kappa shape index (κ1) is 20.4. The number of hydrogen-bond donors (Lipinski definition) is 1. The summed E-state index contributed by atoms with van der Waals surface area (Å²) in [4.78, 5) is 28.2. The highest BCUT2D eigenvalue weighted by Crippen LogP contribution is 2.34. The highest BCUT2D eigenvalue weighted by Gasteiger charge is 2.27. The molecule has 6 nitrogen and oxygen atoms in total. The second-order valence-corrected chi connectivity index (χ2v) is 7.72. The van der Waals surface area contributed by atoms with Gasteiger partial charge < -0.3 is 15.0 Å². The van der Waals surface area contributed by atoms with E-state index in [0.717, 1.165) is 24.0 Å². The Morgan fingerprint density at radius 1 is 1.25 bits per heavy atom. The van der Waals surface area contributed by atoms with E-state index < -0.39 is 0 Å². The van der Waals surface area contributed by atoms with Crippen LogP contribution >= 0.6 is 15.9 Å². The molecule has 3 rings (SSSR count). The van der Waals surface area contributed by atoms with Crippen LogP contribution in [0.15, 0.2) is 53.0 Å². The van der Waals surface area contributed by atoms with E-state index in [1.807, 2.05) is 24.3 Å². The predicted molar refractivity (Wildman–Crippen MR) is 112 cm³/mol. The third-order valence-corrected chi connectivity index (χ3v) is 4.99. The molecule has 7 heteroatoms. The van der Waals surface area contributed by atoms with E-state index in [1.54, 1.807) is 12.1 Å².